The van der Waals surface area contributed by atoms with Crippen molar-refractivity contribution in [2.75, 3.05) is 24.5 Å². The van der Waals surface area contributed by atoms with Gasteiger partial charge in [0.2, 0.25) is 5.91 Å². The molecule has 5 nitrogen and oxygen atoms in total. The summed E-state index contributed by atoms with van der Waals surface area (Å²) < 4.78 is 0. The Bertz CT molecular complexity index is 587. The molecule has 0 saturated carbocycles. The van der Waals surface area contributed by atoms with E-state index in [0.29, 0.717) is 13.0 Å². The smallest absolute Gasteiger partial charge is 0.324 e. The average molecular weight is 315 g/mol. The highest BCUT2D eigenvalue weighted by Crippen LogP contribution is 2.29. The fourth-order valence-electron chi connectivity index (χ4n) is 3.50. The molecule has 1 aromatic carbocycles. The molecule has 3 amide bonds. The third-order valence-electron chi connectivity index (χ3n) is 4.65. The van der Waals surface area contributed by atoms with Gasteiger partial charge in [-0.15, -0.1) is 0 Å². The predicted octanol–water partition coefficient (Wildman–Crippen LogP) is 2.55. The lowest BCUT2D eigenvalue weighted by atomic mass is 10.1. The van der Waals surface area contributed by atoms with Crippen molar-refractivity contribution in [1.29, 1.82) is 0 Å². The number of hydrogen-bond acceptors (Lipinski definition) is 2. The van der Waals surface area contributed by atoms with Crippen molar-refractivity contribution in [1.82, 2.24) is 10.2 Å². The number of hydrogen-bond donors (Lipinski definition) is 1. The Morgan fingerprint density at radius 1 is 1.26 bits per heavy atom. The molecule has 0 radical (unpaired) electrons. The first kappa shape index (κ1) is 15.8. The Labute approximate surface area is 137 Å². The molecular weight excluding hydrogens is 290 g/mol. The predicted molar refractivity (Wildman–Crippen MR) is 90.5 cm³/mol. The Hall–Kier alpha value is -2.04. The second-order valence-electron chi connectivity index (χ2n) is 6.42. The van der Waals surface area contributed by atoms with Crippen LogP contribution in [0, 0.1) is 0 Å². The maximum Gasteiger partial charge on any atom is 0.324 e. The Kier molecular flexibility index (Phi) is 4.84. The van der Waals surface area contributed by atoms with Crippen LogP contribution >= 0.6 is 0 Å². The first-order chi connectivity index (χ1) is 11.2. The van der Waals surface area contributed by atoms with E-state index in [1.165, 1.54) is 5.56 Å². The van der Waals surface area contributed by atoms with Gasteiger partial charge in [-0.25, -0.2) is 4.79 Å². The minimum atomic E-state index is 0.0735. The van der Waals surface area contributed by atoms with E-state index in [1.807, 2.05) is 34.9 Å². The van der Waals surface area contributed by atoms with Gasteiger partial charge >= 0.3 is 6.03 Å². The van der Waals surface area contributed by atoms with Crippen LogP contribution in [0.5, 0.6) is 0 Å². The number of benzene rings is 1. The molecule has 2 heterocycles. The fourth-order valence-corrected chi connectivity index (χ4v) is 3.50. The van der Waals surface area contributed by atoms with Crippen molar-refractivity contribution in [2.45, 2.75) is 45.1 Å². The Morgan fingerprint density at radius 3 is 2.91 bits per heavy atom. The molecule has 1 N–H and O–H groups in total. The van der Waals surface area contributed by atoms with E-state index in [9.17, 15) is 9.59 Å². The van der Waals surface area contributed by atoms with Gasteiger partial charge in [0.05, 0.1) is 0 Å². The maximum absolute atomic E-state index is 12.9. The summed E-state index contributed by atoms with van der Waals surface area (Å²) >= 11 is 0. The van der Waals surface area contributed by atoms with Crippen molar-refractivity contribution in [3.8, 4) is 0 Å². The van der Waals surface area contributed by atoms with Crippen molar-refractivity contribution in [3.05, 3.63) is 29.8 Å². The third-order valence-corrected chi connectivity index (χ3v) is 4.65. The number of likely N-dealkylation sites (tertiary alicyclic amines) is 1. The zero-order valence-electron chi connectivity index (χ0n) is 13.8. The summed E-state index contributed by atoms with van der Waals surface area (Å²) in [6.07, 6.45) is 4.23. The topological polar surface area (TPSA) is 52.7 Å². The summed E-state index contributed by atoms with van der Waals surface area (Å²) in [5, 5.41) is 3.06. The lowest BCUT2D eigenvalue weighted by Gasteiger charge is -2.35. The molecule has 0 spiro atoms. The largest absolute Gasteiger partial charge is 0.352 e. The molecule has 1 aromatic rings. The number of anilines is 1. The van der Waals surface area contributed by atoms with E-state index < -0.39 is 0 Å². The van der Waals surface area contributed by atoms with E-state index >= 15 is 0 Å². The van der Waals surface area contributed by atoms with E-state index in [2.05, 4.69) is 11.4 Å². The number of carbonyl (C=O) groups excluding carboxylic acids is 2. The lowest BCUT2D eigenvalue weighted by molar-refractivity contribution is -0.122. The normalized spacial score (nSPS) is 20.3. The van der Waals surface area contributed by atoms with Gasteiger partial charge in [-0.1, -0.05) is 25.1 Å². The van der Waals surface area contributed by atoms with Crippen molar-refractivity contribution < 1.29 is 9.59 Å². The van der Waals surface area contributed by atoms with Crippen LogP contribution < -0.4 is 10.2 Å². The van der Waals surface area contributed by atoms with Crippen LogP contribution in [0.25, 0.3) is 0 Å². The van der Waals surface area contributed by atoms with Crippen molar-refractivity contribution in [2.24, 2.45) is 0 Å². The molecule has 3 rings (SSSR count). The van der Waals surface area contributed by atoms with Crippen LogP contribution in [-0.4, -0.2) is 42.5 Å². The molecule has 2 aliphatic heterocycles. The molecule has 124 valence electrons. The van der Waals surface area contributed by atoms with E-state index in [0.717, 1.165) is 44.5 Å². The van der Waals surface area contributed by atoms with Gasteiger partial charge in [0.15, 0.2) is 0 Å². The van der Waals surface area contributed by atoms with Crippen LogP contribution in [-0.2, 0) is 11.2 Å². The number of nitrogens with zero attached hydrogens (tertiary/aromatic N) is 2. The summed E-state index contributed by atoms with van der Waals surface area (Å²) in [7, 11) is 0. The lowest BCUT2D eigenvalue weighted by Crippen LogP contribution is -2.53. The molecule has 5 heteroatoms. The second-order valence-corrected chi connectivity index (χ2v) is 6.42. The number of nitrogens with one attached hydrogen (secondary N) is 1. The average Bonchev–Trinajstić information content (AvgIpc) is 2.98. The number of para-hydroxylation sites is 1. The quantitative estimate of drug-likeness (QED) is 0.932. The minimum Gasteiger partial charge on any atom is -0.352 e. The Balaban J connectivity index is 1.63. The van der Waals surface area contributed by atoms with Gasteiger partial charge in [-0.2, -0.15) is 0 Å². The van der Waals surface area contributed by atoms with Gasteiger partial charge in [-0.05, 0) is 37.3 Å². The molecule has 1 fully saturated rings. The SMILES string of the molecule is CCCC(=O)N[C@@H]1CCCN(C(=O)N2CCc3ccccc32)C1. The zero-order valence-corrected chi connectivity index (χ0v) is 13.8. The van der Waals surface area contributed by atoms with Gasteiger partial charge in [-0.3, -0.25) is 9.69 Å². The van der Waals surface area contributed by atoms with Crippen LogP contribution in [0.4, 0.5) is 10.5 Å². The molecule has 0 aliphatic carbocycles. The molecular formula is C18H25N3O2. The highest BCUT2D eigenvalue weighted by atomic mass is 16.2. The third kappa shape index (κ3) is 3.49. The van der Waals surface area contributed by atoms with Crippen LogP contribution in [0.15, 0.2) is 24.3 Å². The first-order valence-corrected chi connectivity index (χ1v) is 8.62. The number of carbonyl (C=O) groups is 2. The monoisotopic (exact) mass is 315 g/mol. The summed E-state index contributed by atoms with van der Waals surface area (Å²) in [6.45, 7) is 4.15. The van der Waals surface area contributed by atoms with E-state index in [4.69, 9.17) is 0 Å². The number of piperidine rings is 1. The molecule has 23 heavy (non-hydrogen) atoms. The zero-order chi connectivity index (χ0) is 16.2. The molecule has 0 unspecified atom stereocenters. The second kappa shape index (κ2) is 7.02. The van der Waals surface area contributed by atoms with Crippen molar-refractivity contribution >= 4 is 17.6 Å². The van der Waals surface area contributed by atoms with Gasteiger partial charge in [0.1, 0.15) is 0 Å². The van der Waals surface area contributed by atoms with Crippen LogP contribution in [0.3, 0.4) is 0 Å². The van der Waals surface area contributed by atoms with Gasteiger partial charge in [0.25, 0.3) is 0 Å². The van der Waals surface area contributed by atoms with E-state index in [1.54, 1.807) is 0 Å². The molecule has 1 saturated heterocycles. The number of amides is 3. The number of urea groups is 1. The summed E-state index contributed by atoms with van der Waals surface area (Å²) in [4.78, 5) is 28.4. The Morgan fingerprint density at radius 2 is 2.09 bits per heavy atom. The highest BCUT2D eigenvalue weighted by Gasteiger charge is 2.31. The molecule has 1 atom stereocenters. The van der Waals surface area contributed by atoms with Crippen molar-refractivity contribution in [3.63, 3.8) is 0 Å². The minimum absolute atomic E-state index is 0.0735. The highest BCUT2D eigenvalue weighted by molar-refractivity contribution is 5.94. The maximum atomic E-state index is 12.9. The first-order valence-electron chi connectivity index (χ1n) is 8.62. The molecule has 0 aromatic heterocycles. The van der Waals surface area contributed by atoms with Crippen LogP contribution in [0.2, 0.25) is 0 Å². The number of fused-ring (bicyclic) bond motifs is 1. The standard InChI is InChI=1S/C18H25N3O2/c1-2-6-17(22)19-15-8-5-11-20(13-15)18(23)21-12-10-14-7-3-4-9-16(14)21/h3-4,7,9,15H,2,5-6,8,10-13H2,1H3,(H,19,22)/t15-/m1/s1. The van der Waals surface area contributed by atoms with E-state index in [-0.39, 0.29) is 18.0 Å². The summed E-state index contributed by atoms with van der Waals surface area (Å²) in [5.41, 5.74) is 2.28. The summed E-state index contributed by atoms with van der Waals surface area (Å²) in [5.74, 6) is 0.0957. The number of rotatable bonds is 3. The van der Waals surface area contributed by atoms with Crippen LogP contribution in [0.1, 0.15) is 38.2 Å². The molecule has 2 aliphatic rings. The summed E-state index contributed by atoms with van der Waals surface area (Å²) in [6, 6.07) is 8.27. The van der Waals surface area contributed by atoms with Gasteiger partial charge in [0, 0.05) is 37.8 Å². The fraction of sp³-hybridized carbons (Fsp3) is 0.556. The van der Waals surface area contributed by atoms with Gasteiger partial charge < -0.3 is 10.2 Å². The molecule has 0 bridgehead atoms.